The van der Waals surface area contributed by atoms with Crippen LogP contribution < -0.4 is 10.9 Å². The summed E-state index contributed by atoms with van der Waals surface area (Å²) in [7, 11) is 1.47. The molecule has 1 N–H and O–H groups in total. The van der Waals surface area contributed by atoms with Crippen LogP contribution in [0.3, 0.4) is 0 Å². The van der Waals surface area contributed by atoms with Crippen LogP contribution in [0.15, 0.2) is 53.6 Å². The molecule has 0 aliphatic rings. The average molecular weight is 380 g/mol. The molecule has 0 bridgehead atoms. The first-order chi connectivity index (χ1) is 12.7. The minimum atomic E-state index is -4.85. The van der Waals surface area contributed by atoms with Gasteiger partial charge in [0, 0.05) is 24.9 Å². The van der Waals surface area contributed by atoms with Crippen LogP contribution in [0.25, 0.3) is 5.69 Å². The molecule has 1 aromatic carbocycles. The van der Waals surface area contributed by atoms with Crippen LogP contribution >= 0.6 is 0 Å². The van der Waals surface area contributed by atoms with E-state index in [0.29, 0.717) is 4.68 Å². The highest BCUT2D eigenvalue weighted by Crippen LogP contribution is 2.36. The van der Waals surface area contributed by atoms with Crippen LogP contribution in [0.4, 0.5) is 23.2 Å². The number of nitrogens with zero attached hydrogens (tertiary/aromatic N) is 3. The Hall–Kier alpha value is -3.43. The molecule has 1 amide bonds. The van der Waals surface area contributed by atoms with E-state index in [2.05, 4.69) is 10.4 Å². The second kappa shape index (κ2) is 6.71. The zero-order valence-electron chi connectivity index (χ0n) is 13.8. The van der Waals surface area contributed by atoms with Crippen LogP contribution in [0.2, 0.25) is 0 Å². The molecule has 27 heavy (non-hydrogen) atoms. The molecule has 2 aromatic heterocycles. The number of hydrogen-bond donors (Lipinski definition) is 1. The summed E-state index contributed by atoms with van der Waals surface area (Å²) in [5.41, 5.74) is -2.43. The quantitative estimate of drug-likeness (QED) is 0.711. The molecule has 0 unspecified atom stereocenters. The fourth-order valence-electron chi connectivity index (χ4n) is 2.37. The van der Waals surface area contributed by atoms with Crippen molar-refractivity contribution in [3.8, 4) is 5.69 Å². The number of benzene rings is 1. The number of alkyl halides is 3. The monoisotopic (exact) mass is 380 g/mol. The summed E-state index contributed by atoms with van der Waals surface area (Å²) in [6.07, 6.45) is -2.69. The van der Waals surface area contributed by atoms with Crippen molar-refractivity contribution in [3.05, 3.63) is 76.2 Å². The van der Waals surface area contributed by atoms with E-state index in [0.717, 1.165) is 36.5 Å². The van der Waals surface area contributed by atoms with Gasteiger partial charge in [-0.1, -0.05) is 0 Å². The zero-order valence-corrected chi connectivity index (χ0v) is 13.8. The number of carbonyl (C=O) groups excluding carboxylic acids is 1. The Morgan fingerprint density at radius 2 is 1.81 bits per heavy atom. The highest BCUT2D eigenvalue weighted by molar-refractivity contribution is 6.04. The fourth-order valence-corrected chi connectivity index (χ4v) is 2.37. The molecule has 0 atom stereocenters. The second-order valence-electron chi connectivity index (χ2n) is 5.61. The summed E-state index contributed by atoms with van der Waals surface area (Å²) in [5, 5.41) is 5.77. The van der Waals surface area contributed by atoms with Gasteiger partial charge in [0.25, 0.3) is 11.5 Å². The normalized spacial score (nSPS) is 11.4. The Labute approximate surface area is 149 Å². The summed E-state index contributed by atoms with van der Waals surface area (Å²) in [5.74, 6) is -1.50. The van der Waals surface area contributed by atoms with Crippen LogP contribution in [-0.4, -0.2) is 20.3 Å². The molecule has 0 spiro atoms. The Balaban J connectivity index is 2.00. The van der Waals surface area contributed by atoms with Crippen molar-refractivity contribution < 1.29 is 22.4 Å². The minimum absolute atomic E-state index is 0.0298. The van der Waals surface area contributed by atoms with Crippen molar-refractivity contribution in [2.75, 3.05) is 5.32 Å². The minimum Gasteiger partial charge on any atom is -0.319 e. The lowest BCUT2D eigenvalue weighted by atomic mass is 10.2. The van der Waals surface area contributed by atoms with Crippen molar-refractivity contribution in [1.82, 2.24) is 14.3 Å². The van der Waals surface area contributed by atoms with Crippen molar-refractivity contribution in [2.24, 2.45) is 7.05 Å². The number of aryl methyl sites for hydroxylation is 1. The maximum Gasteiger partial charge on any atom is 0.435 e. The highest BCUT2D eigenvalue weighted by atomic mass is 19.4. The van der Waals surface area contributed by atoms with E-state index in [1.165, 1.54) is 23.9 Å². The Morgan fingerprint density at radius 1 is 1.15 bits per heavy atom. The maximum atomic E-state index is 13.5. The number of anilines is 1. The first-order valence-corrected chi connectivity index (χ1v) is 7.56. The van der Waals surface area contributed by atoms with Gasteiger partial charge in [-0.25, -0.2) is 9.07 Å². The number of amides is 1. The third-order valence-electron chi connectivity index (χ3n) is 3.72. The summed E-state index contributed by atoms with van der Waals surface area (Å²) >= 11 is 0. The number of rotatable bonds is 3. The fraction of sp³-hybridized carbons (Fsp3) is 0.118. The van der Waals surface area contributed by atoms with Gasteiger partial charge < -0.3 is 9.88 Å². The van der Waals surface area contributed by atoms with E-state index >= 15 is 0 Å². The lowest BCUT2D eigenvalue weighted by molar-refractivity contribution is -0.142. The first-order valence-electron chi connectivity index (χ1n) is 7.56. The third-order valence-corrected chi connectivity index (χ3v) is 3.72. The largest absolute Gasteiger partial charge is 0.435 e. The van der Waals surface area contributed by atoms with Crippen molar-refractivity contribution in [1.29, 1.82) is 0 Å². The molecular weight excluding hydrogens is 368 g/mol. The van der Waals surface area contributed by atoms with Gasteiger partial charge in [0.05, 0.1) is 17.6 Å². The van der Waals surface area contributed by atoms with E-state index in [9.17, 15) is 27.2 Å². The molecule has 0 saturated heterocycles. The molecule has 6 nitrogen and oxygen atoms in total. The number of hydrogen-bond acceptors (Lipinski definition) is 3. The van der Waals surface area contributed by atoms with E-state index in [4.69, 9.17) is 0 Å². The average Bonchev–Trinajstić information content (AvgIpc) is 3.02. The van der Waals surface area contributed by atoms with Crippen LogP contribution in [0.1, 0.15) is 16.1 Å². The number of halogens is 4. The van der Waals surface area contributed by atoms with Gasteiger partial charge in [-0.05, 0) is 30.3 Å². The summed E-state index contributed by atoms with van der Waals surface area (Å²) < 4.78 is 55.4. The van der Waals surface area contributed by atoms with Crippen molar-refractivity contribution in [2.45, 2.75) is 6.18 Å². The van der Waals surface area contributed by atoms with Crippen LogP contribution in [-0.2, 0) is 13.2 Å². The molecule has 10 heteroatoms. The standard InChI is InChI=1S/C17H12F4N4O2/c1-24-7-6-10(8-14(24)26)16(27)23-13-9-22-25(15(13)17(19,20)21)12-4-2-11(18)3-5-12/h2-9H,1H3,(H,23,27). The number of aromatic nitrogens is 3. The van der Waals surface area contributed by atoms with Gasteiger partial charge >= 0.3 is 6.18 Å². The third kappa shape index (κ3) is 3.73. The van der Waals surface area contributed by atoms with E-state index in [-0.39, 0.29) is 11.3 Å². The van der Waals surface area contributed by atoms with Gasteiger partial charge in [-0.2, -0.15) is 18.3 Å². The summed E-state index contributed by atoms with van der Waals surface area (Å²) in [6, 6.07) is 6.56. The van der Waals surface area contributed by atoms with E-state index in [1.54, 1.807) is 0 Å². The van der Waals surface area contributed by atoms with E-state index < -0.39 is 34.8 Å². The van der Waals surface area contributed by atoms with Gasteiger partial charge in [0.15, 0.2) is 5.69 Å². The van der Waals surface area contributed by atoms with Crippen molar-refractivity contribution in [3.63, 3.8) is 0 Å². The van der Waals surface area contributed by atoms with Crippen molar-refractivity contribution >= 4 is 11.6 Å². The smallest absolute Gasteiger partial charge is 0.319 e. The highest BCUT2D eigenvalue weighted by Gasteiger charge is 2.39. The molecular formula is C17H12F4N4O2. The molecule has 0 aliphatic heterocycles. The summed E-state index contributed by atoms with van der Waals surface area (Å²) in [4.78, 5) is 23.8. The SMILES string of the molecule is Cn1ccc(C(=O)Nc2cnn(-c3ccc(F)cc3)c2C(F)(F)F)cc1=O. The first kappa shape index (κ1) is 18.4. The molecule has 0 fully saturated rings. The lowest BCUT2D eigenvalue weighted by Gasteiger charge is -2.13. The second-order valence-corrected chi connectivity index (χ2v) is 5.61. The van der Waals surface area contributed by atoms with E-state index in [1.807, 2.05) is 0 Å². The number of nitrogens with one attached hydrogen (secondary N) is 1. The van der Waals surface area contributed by atoms with Gasteiger partial charge in [0.1, 0.15) is 5.82 Å². The predicted octanol–water partition coefficient (Wildman–Crippen LogP) is 2.98. The Bertz CT molecular complexity index is 1050. The summed E-state index contributed by atoms with van der Waals surface area (Å²) in [6.45, 7) is 0. The zero-order chi connectivity index (χ0) is 19.8. The molecule has 140 valence electrons. The van der Waals surface area contributed by atoms with Crippen LogP contribution in [0, 0.1) is 5.82 Å². The lowest BCUT2D eigenvalue weighted by Crippen LogP contribution is -2.21. The molecule has 0 saturated carbocycles. The molecule has 0 aliphatic carbocycles. The van der Waals surface area contributed by atoms with Gasteiger partial charge in [0.2, 0.25) is 0 Å². The van der Waals surface area contributed by atoms with Gasteiger partial charge in [-0.15, -0.1) is 0 Å². The van der Waals surface area contributed by atoms with Crippen LogP contribution in [0.5, 0.6) is 0 Å². The molecule has 3 aromatic rings. The van der Waals surface area contributed by atoms with Gasteiger partial charge in [-0.3, -0.25) is 9.59 Å². The maximum absolute atomic E-state index is 13.5. The molecule has 0 radical (unpaired) electrons. The molecule has 2 heterocycles. The Morgan fingerprint density at radius 3 is 2.41 bits per heavy atom. The Kier molecular flexibility index (Phi) is 4.56. The predicted molar refractivity (Wildman–Crippen MR) is 88.2 cm³/mol. The topological polar surface area (TPSA) is 68.9 Å². The molecule has 3 rings (SSSR count). The number of pyridine rings is 1. The number of carbonyl (C=O) groups is 1.